The maximum absolute atomic E-state index is 5.52. The Morgan fingerprint density at radius 3 is 2.75 bits per heavy atom. The van der Waals surface area contributed by atoms with E-state index in [2.05, 4.69) is 10.2 Å². The van der Waals surface area contributed by atoms with Gasteiger partial charge >= 0.3 is 0 Å². The van der Waals surface area contributed by atoms with Crippen LogP contribution in [0.4, 0.5) is 5.95 Å². The van der Waals surface area contributed by atoms with Crippen LogP contribution in [0.25, 0.3) is 11.4 Å². The molecule has 0 aliphatic rings. The summed E-state index contributed by atoms with van der Waals surface area (Å²) in [4.78, 5) is 0. The topological polar surface area (TPSA) is 95.9 Å². The molecular formula is C6H7N5O. The van der Waals surface area contributed by atoms with E-state index < -0.39 is 0 Å². The van der Waals surface area contributed by atoms with Crippen molar-refractivity contribution in [3.63, 3.8) is 0 Å². The fourth-order valence-electron chi connectivity index (χ4n) is 0.892. The average molecular weight is 165 g/mol. The molecule has 0 aromatic carbocycles. The summed E-state index contributed by atoms with van der Waals surface area (Å²) < 4.78 is 6.05. The third kappa shape index (κ3) is 0.815. The second-order valence-corrected chi connectivity index (χ2v) is 2.26. The number of rotatable bonds is 1. The molecule has 0 saturated heterocycles. The zero-order valence-electron chi connectivity index (χ0n) is 6.14. The average Bonchev–Trinajstić information content (AvgIpc) is 2.64. The van der Waals surface area contributed by atoms with E-state index in [1.807, 2.05) is 0 Å². The number of nitrogen functional groups attached to an aromatic ring is 2. The molecule has 12 heavy (non-hydrogen) atoms. The van der Waals surface area contributed by atoms with Gasteiger partial charge in [0.05, 0.1) is 11.8 Å². The van der Waals surface area contributed by atoms with Crippen molar-refractivity contribution in [1.29, 1.82) is 0 Å². The Bertz CT molecular complexity index is 377. The van der Waals surface area contributed by atoms with Crippen LogP contribution in [0.3, 0.4) is 0 Å². The summed E-state index contributed by atoms with van der Waals surface area (Å²) in [6.07, 6.45) is 3.05. The maximum atomic E-state index is 5.52. The minimum Gasteiger partial charge on any atom is -0.472 e. The van der Waals surface area contributed by atoms with Crippen LogP contribution in [0.1, 0.15) is 0 Å². The van der Waals surface area contributed by atoms with Gasteiger partial charge in [-0.05, 0) is 6.07 Å². The van der Waals surface area contributed by atoms with E-state index in [0.717, 1.165) is 5.56 Å². The predicted octanol–water partition coefficient (Wildman–Crippen LogP) is -0.166. The van der Waals surface area contributed by atoms with Crippen molar-refractivity contribution in [2.24, 2.45) is 0 Å². The van der Waals surface area contributed by atoms with Crippen molar-refractivity contribution >= 4 is 5.95 Å². The van der Waals surface area contributed by atoms with E-state index in [9.17, 15) is 0 Å². The summed E-state index contributed by atoms with van der Waals surface area (Å²) in [6.45, 7) is 0. The molecule has 0 bridgehead atoms. The van der Waals surface area contributed by atoms with E-state index in [4.69, 9.17) is 16.0 Å². The lowest BCUT2D eigenvalue weighted by atomic mass is 10.3. The Morgan fingerprint density at radius 2 is 2.25 bits per heavy atom. The first-order valence-corrected chi connectivity index (χ1v) is 3.27. The van der Waals surface area contributed by atoms with Gasteiger partial charge in [-0.25, -0.2) is 4.68 Å². The summed E-state index contributed by atoms with van der Waals surface area (Å²) in [5.74, 6) is 6.18. The van der Waals surface area contributed by atoms with Crippen LogP contribution in [-0.2, 0) is 0 Å². The SMILES string of the molecule is Nc1nnc(-c2ccoc2)n1N. The summed E-state index contributed by atoms with van der Waals surface area (Å²) in [7, 11) is 0. The molecular weight excluding hydrogens is 158 g/mol. The minimum atomic E-state index is 0.172. The molecule has 2 aromatic heterocycles. The quantitative estimate of drug-likeness (QED) is 0.572. The molecule has 0 saturated carbocycles. The summed E-state index contributed by atoms with van der Waals surface area (Å²) in [5, 5.41) is 7.36. The lowest BCUT2D eigenvalue weighted by molar-refractivity contribution is 0.568. The van der Waals surface area contributed by atoms with E-state index in [1.54, 1.807) is 6.07 Å². The molecule has 6 heteroatoms. The van der Waals surface area contributed by atoms with Crippen LogP contribution >= 0.6 is 0 Å². The van der Waals surface area contributed by atoms with E-state index in [1.165, 1.54) is 17.2 Å². The monoisotopic (exact) mass is 165 g/mol. The van der Waals surface area contributed by atoms with Gasteiger partial charge < -0.3 is 16.0 Å². The van der Waals surface area contributed by atoms with E-state index >= 15 is 0 Å². The predicted molar refractivity (Wildman–Crippen MR) is 42.3 cm³/mol. The van der Waals surface area contributed by atoms with Gasteiger partial charge in [0.15, 0.2) is 5.82 Å². The van der Waals surface area contributed by atoms with Crippen molar-refractivity contribution in [3.8, 4) is 11.4 Å². The Kier molecular flexibility index (Phi) is 1.26. The zero-order valence-corrected chi connectivity index (χ0v) is 6.14. The Balaban J connectivity index is 2.55. The fourth-order valence-corrected chi connectivity index (χ4v) is 0.892. The van der Waals surface area contributed by atoms with Gasteiger partial charge in [0, 0.05) is 0 Å². The van der Waals surface area contributed by atoms with Crippen molar-refractivity contribution < 1.29 is 4.42 Å². The molecule has 0 amide bonds. The normalized spacial score (nSPS) is 10.3. The van der Waals surface area contributed by atoms with Crippen LogP contribution in [0.5, 0.6) is 0 Å². The molecule has 0 aliphatic heterocycles. The molecule has 2 heterocycles. The molecule has 0 unspecified atom stereocenters. The van der Waals surface area contributed by atoms with E-state index in [0.29, 0.717) is 5.82 Å². The lowest BCUT2D eigenvalue weighted by Crippen LogP contribution is -2.13. The number of hydrogen-bond acceptors (Lipinski definition) is 5. The molecule has 0 aliphatic carbocycles. The second-order valence-electron chi connectivity index (χ2n) is 2.26. The number of hydrogen-bond donors (Lipinski definition) is 2. The number of aromatic nitrogens is 3. The highest BCUT2D eigenvalue weighted by Crippen LogP contribution is 2.16. The summed E-state index contributed by atoms with van der Waals surface area (Å²) in [6, 6.07) is 1.73. The first-order valence-electron chi connectivity index (χ1n) is 3.27. The summed E-state index contributed by atoms with van der Waals surface area (Å²) in [5.41, 5.74) is 6.13. The molecule has 0 radical (unpaired) electrons. The van der Waals surface area contributed by atoms with Gasteiger partial charge in [-0.3, -0.25) is 0 Å². The van der Waals surface area contributed by atoms with Gasteiger partial charge in [0.25, 0.3) is 0 Å². The lowest BCUT2D eigenvalue weighted by Gasteiger charge is -1.95. The highest BCUT2D eigenvalue weighted by Gasteiger charge is 2.09. The highest BCUT2D eigenvalue weighted by atomic mass is 16.3. The summed E-state index contributed by atoms with van der Waals surface area (Å²) >= 11 is 0. The van der Waals surface area contributed by atoms with Crippen molar-refractivity contribution in [2.45, 2.75) is 0 Å². The van der Waals surface area contributed by atoms with Gasteiger partial charge in [-0.1, -0.05) is 0 Å². The Labute approximate surface area is 67.8 Å². The molecule has 0 fully saturated rings. The van der Waals surface area contributed by atoms with Gasteiger partial charge in [-0.15, -0.1) is 10.2 Å². The number of furan rings is 1. The van der Waals surface area contributed by atoms with Crippen LogP contribution in [0.15, 0.2) is 23.0 Å². The van der Waals surface area contributed by atoms with Crippen molar-refractivity contribution in [1.82, 2.24) is 14.9 Å². The molecule has 4 N–H and O–H groups in total. The molecule has 2 aromatic rings. The number of anilines is 1. The smallest absolute Gasteiger partial charge is 0.241 e. The van der Waals surface area contributed by atoms with Gasteiger partial charge in [0.1, 0.15) is 6.26 Å². The third-order valence-corrected chi connectivity index (χ3v) is 1.50. The zero-order chi connectivity index (χ0) is 8.55. The standard InChI is InChI=1S/C6H7N5O/c7-6-10-9-5(11(6)8)4-1-2-12-3-4/h1-3H,8H2,(H2,7,10). The minimum absolute atomic E-state index is 0.172. The second kappa shape index (κ2) is 2.26. The van der Waals surface area contributed by atoms with Crippen molar-refractivity contribution in [2.75, 3.05) is 11.6 Å². The number of nitrogens with zero attached hydrogens (tertiary/aromatic N) is 3. The van der Waals surface area contributed by atoms with Crippen LogP contribution in [-0.4, -0.2) is 14.9 Å². The van der Waals surface area contributed by atoms with E-state index in [-0.39, 0.29) is 5.95 Å². The first-order chi connectivity index (χ1) is 5.79. The van der Waals surface area contributed by atoms with Crippen LogP contribution < -0.4 is 11.6 Å². The van der Waals surface area contributed by atoms with Crippen LogP contribution in [0, 0.1) is 0 Å². The first kappa shape index (κ1) is 6.71. The number of nitrogens with two attached hydrogens (primary N) is 2. The molecule has 0 atom stereocenters. The third-order valence-electron chi connectivity index (χ3n) is 1.50. The molecule has 0 spiro atoms. The largest absolute Gasteiger partial charge is 0.472 e. The van der Waals surface area contributed by atoms with Crippen molar-refractivity contribution in [3.05, 3.63) is 18.6 Å². The molecule has 6 nitrogen and oxygen atoms in total. The highest BCUT2D eigenvalue weighted by molar-refractivity contribution is 5.54. The van der Waals surface area contributed by atoms with Crippen LogP contribution in [0.2, 0.25) is 0 Å². The molecule has 2 rings (SSSR count). The fraction of sp³-hybridized carbons (Fsp3) is 0. The Hall–Kier alpha value is -1.98. The van der Waals surface area contributed by atoms with Gasteiger partial charge in [0.2, 0.25) is 5.95 Å². The molecule has 62 valence electrons. The maximum Gasteiger partial charge on any atom is 0.241 e. The Morgan fingerprint density at radius 1 is 1.42 bits per heavy atom. The van der Waals surface area contributed by atoms with Gasteiger partial charge in [-0.2, -0.15) is 0 Å².